The predicted molar refractivity (Wildman–Crippen MR) is 172 cm³/mol. The van der Waals surface area contributed by atoms with Crippen molar-refractivity contribution >= 4 is 25.1 Å². The maximum atomic E-state index is 13.7. The molecule has 46 heavy (non-hydrogen) atoms. The van der Waals surface area contributed by atoms with Crippen LogP contribution in [0.1, 0.15) is 70.0 Å². The number of aryl methyl sites for hydroxylation is 1. The van der Waals surface area contributed by atoms with E-state index in [2.05, 4.69) is 15.5 Å². The van der Waals surface area contributed by atoms with Crippen molar-refractivity contribution in [1.82, 2.24) is 20.4 Å². The summed E-state index contributed by atoms with van der Waals surface area (Å²) in [7, 11) is -4.76. The van der Waals surface area contributed by atoms with Gasteiger partial charge in [-0.3, -0.25) is 14.2 Å². The first-order valence-corrected chi connectivity index (χ1v) is 17.9. The molecule has 1 amide bonds. The molecule has 4 atom stereocenters. The Hall–Kier alpha value is -2.68. The van der Waals surface area contributed by atoms with Gasteiger partial charge in [0.1, 0.15) is 12.4 Å². The molecule has 15 heteroatoms. The monoisotopic (exact) mass is 680 g/mol. The topological polar surface area (TPSA) is 166 Å². The molecule has 3 N–H and O–H groups in total. The van der Waals surface area contributed by atoms with Crippen LogP contribution in [0.3, 0.4) is 0 Å². The Kier molecular flexibility index (Phi) is 12.9. The van der Waals surface area contributed by atoms with Gasteiger partial charge in [-0.2, -0.15) is 0 Å². The van der Waals surface area contributed by atoms with Crippen molar-refractivity contribution in [3.8, 4) is 16.3 Å². The molecule has 0 radical (unpaired) electrons. The number of aromatic nitrogens is 2. The number of nitrogens with one attached hydrogen (secondary N) is 1. The minimum absolute atomic E-state index is 0.0745. The number of hydrogen-bond acceptors (Lipinski definition) is 11. The number of phosphoric acid groups is 1. The van der Waals surface area contributed by atoms with Crippen molar-refractivity contribution in [3.05, 3.63) is 52.9 Å². The first kappa shape index (κ1) is 36.2. The highest BCUT2D eigenvalue weighted by atomic mass is 32.1. The Morgan fingerprint density at radius 1 is 1.17 bits per heavy atom. The van der Waals surface area contributed by atoms with E-state index in [4.69, 9.17) is 23.3 Å². The van der Waals surface area contributed by atoms with E-state index in [0.717, 1.165) is 21.7 Å². The standard InChI is InChI=1S/C31H45N4O9PS/c1-7-40-29(41-8-2)17-42-28-14-27(43-34-28)25(19(3)4)16-35-15-24(44-45(37,38)39)13-26(35)31(36)33-20(5)22-9-11-23(12-10-22)30-21(6)32-18-46-30/h9-12,14,18-20,24-26,29H,7-8,13,15-17H2,1-6H3,(H,33,36)(H2,37,38,39)/t20-,24+,25-,26-/m0/s1. The van der Waals surface area contributed by atoms with Crippen LogP contribution in [0, 0.1) is 12.8 Å². The number of phosphoric ester groups is 1. The lowest BCUT2D eigenvalue weighted by molar-refractivity contribution is -0.153. The number of thiazole rings is 1. The molecule has 13 nitrogen and oxygen atoms in total. The van der Waals surface area contributed by atoms with E-state index in [9.17, 15) is 19.1 Å². The Morgan fingerprint density at radius 2 is 1.87 bits per heavy atom. The van der Waals surface area contributed by atoms with Crippen molar-refractivity contribution in [2.75, 3.05) is 32.9 Å². The second-order valence-corrected chi connectivity index (χ2v) is 13.7. The molecule has 1 saturated heterocycles. The lowest BCUT2D eigenvalue weighted by atomic mass is 9.92. The van der Waals surface area contributed by atoms with E-state index in [1.165, 1.54) is 0 Å². The van der Waals surface area contributed by atoms with Crippen LogP contribution >= 0.6 is 19.2 Å². The van der Waals surface area contributed by atoms with Crippen molar-refractivity contribution in [3.63, 3.8) is 0 Å². The molecule has 254 valence electrons. The fourth-order valence-electron chi connectivity index (χ4n) is 5.57. The van der Waals surface area contributed by atoms with Crippen LogP contribution in [-0.4, -0.2) is 82.1 Å². The lowest BCUT2D eigenvalue weighted by Crippen LogP contribution is -2.45. The largest absolute Gasteiger partial charge is 0.470 e. The molecule has 4 rings (SSSR count). The zero-order valence-corrected chi connectivity index (χ0v) is 28.8. The van der Waals surface area contributed by atoms with Crippen molar-refractivity contribution in [1.29, 1.82) is 0 Å². The van der Waals surface area contributed by atoms with Crippen LogP contribution in [0.4, 0.5) is 0 Å². The number of ether oxygens (including phenoxy) is 3. The molecule has 2 aromatic heterocycles. The van der Waals surface area contributed by atoms with Gasteiger partial charge < -0.3 is 33.8 Å². The highest BCUT2D eigenvalue weighted by Gasteiger charge is 2.42. The molecule has 0 unspecified atom stereocenters. The number of rotatable bonds is 17. The van der Waals surface area contributed by atoms with Gasteiger partial charge in [-0.15, -0.1) is 11.3 Å². The molecular weight excluding hydrogens is 635 g/mol. The Morgan fingerprint density at radius 3 is 2.46 bits per heavy atom. The van der Waals surface area contributed by atoms with Gasteiger partial charge in [0, 0.05) is 38.3 Å². The van der Waals surface area contributed by atoms with Gasteiger partial charge in [0.05, 0.1) is 34.3 Å². The zero-order chi connectivity index (χ0) is 33.4. The average molecular weight is 681 g/mol. The number of nitrogens with zero attached hydrogens (tertiary/aromatic N) is 3. The molecule has 1 aliphatic rings. The van der Waals surface area contributed by atoms with E-state index in [0.29, 0.717) is 25.5 Å². The third-order valence-corrected chi connectivity index (χ3v) is 9.46. The molecule has 0 aliphatic carbocycles. The van der Waals surface area contributed by atoms with Gasteiger partial charge in [0.15, 0.2) is 6.29 Å². The normalized spacial score (nSPS) is 18.7. The van der Waals surface area contributed by atoms with Crippen LogP contribution in [0.15, 0.2) is 40.4 Å². The first-order chi connectivity index (χ1) is 21.9. The summed E-state index contributed by atoms with van der Waals surface area (Å²) in [4.78, 5) is 40.0. The van der Waals surface area contributed by atoms with Gasteiger partial charge in [0.25, 0.3) is 5.88 Å². The molecule has 0 spiro atoms. The number of carbonyl (C=O) groups excluding carboxylic acids is 1. The number of likely N-dealkylation sites (tertiary alicyclic amines) is 1. The maximum absolute atomic E-state index is 13.7. The summed E-state index contributed by atoms with van der Waals surface area (Å²) in [5, 5.41) is 7.16. The summed E-state index contributed by atoms with van der Waals surface area (Å²) < 4.78 is 39.3. The number of carbonyl (C=O) groups is 1. The van der Waals surface area contributed by atoms with Crippen LogP contribution in [-0.2, 0) is 23.4 Å². The van der Waals surface area contributed by atoms with Crippen LogP contribution in [0.25, 0.3) is 10.4 Å². The molecule has 3 aromatic rings. The van der Waals surface area contributed by atoms with Gasteiger partial charge >= 0.3 is 7.82 Å². The Balaban J connectivity index is 1.46. The van der Waals surface area contributed by atoms with E-state index < -0.39 is 26.3 Å². The fraction of sp³-hybridized carbons (Fsp3) is 0.581. The third-order valence-electron chi connectivity index (χ3n) is 7.91. The zero-order valence-electron chi connectivity index (χ0n) is 27.1. The van der Waals surface area contributed by atoms with E-state index in [-0.39, 0.29) is 49.2 Å². The molecule has 1 aliphatic heterocycles. The van der Waals surface area contributed by atoms with E-state index >= 15 is 0 Å². The summed E-state index contributed by atoms with van der Waals surface area (Å²) in [6.07, 6.45) is -1.24. The average Bonchev–Trinajstić information content (AvgIpc) is 3.74. The first-order valence-electron chi connectivity index (χ1n) is 15.5. The highest BCUT2D eigenvalue weighted by molar-refractivity contribution is 7.46. The minimum atomic E-state index is -4.76. The van der Waals surface area contributed by atoms with Crippen LogP contribution in [0.5, 0.6) is 5.88 Å². The summed E-state index contributed by atoms with van der Waals surface area (Å²) >= 11 is 1.58. The van der Waals surface area contributed by atoms with Gasteiger partial charge in [-0.1, -0.05) is 38.1 Å². The molecule has 1 fully saturated rings. The van der Waals surface area contributed by atoms with E-state index in [1.807, 2.05) is 76.2 Å². The maximum Gasteiger partial charge on any atom is 0.469 e. The second-order valence-electron chi connectivity index (χ2n) is 11.6. The van der Waals surface area contributed by atoms with Gasteiger partial charge in [-0.25, -0.2) is 9.55 Å². The second kappa shape index (κ2) is 16.4. The molecule has 1 aromatic carbocycles. The Labute approximate surface area is 273 Å². The summed E-state index contributed by atoms with van der Waals surface area (Å²) in [5.74, 6) is 0.467. The SMILES string of the molecule is CCOC(COc1cc([C@@H](CN2C[C@H](OP(=O)(O)O)C[C@H]2C(=O)N[C@@H](C)c2ccc(-c3scnc3C)cc2)C(C)C)on1)OCC. The summed E-state index contributed by atoms with van der Waals surface area (Å²) in [5.41, 5.74) is 4.78. The number of benzene rings is 1. The van der Waals surface area contributed by atoms with Crippen molar-refractivity contribution < 1.29 is 42.4 Å². The molecule has 0 saturated carbocycles. The van der Waals surface area contributed by atoms with Crippen LogP contribution < -0.4 is 10.1 Å². The minimum Gasteiger partial charge on any atom is -0.470 e. The van der Waals surface area contributed by atoms with Crippen molar-refractivity contribution in [2.45, 2.75) is 78.4 Å². The number of hydrogen-bond donors (Lipinski definition) is 3. The quantitative estimate of drug-likeness (QED) is 0.128. The smallest absolute Gasteiger partial charge is 0.469 e. The predicted octanol–water partition coefficient (Wildman–Crippen LogP) is 5.05. The molecular formula is C31H45N4O9PS. The highest BCUT2D eigenvalue weighted by Crippen LogP contribution is 2.41. The van der Waals surface area contributed by atoms with E-state index in [1.54, 1.807) is 17.4 Å². The third kappa shape index (κ3) is 9.91. The fourth-order valence-corrected chi connectivity index (χ4v) is 6.92. The van der Waals surface area contributed by atoms with Gasteiger partial charge in [0.2, 0.25) is 5.91 Å². The lowest BCUT2D eigenvalue weighted by Gasteiger charge is -2.29. The Bertz CT molecular complexity index is 1440. The van der Waals surface area contributed by atoms with Gasteiger partial charge in [-0.05, 0) is 56.3 Å². The summed E-state index contributed by atoms with van der Waals surface area (Å²) in [6.45, 7) is 13.3. The molecule has 3 heterocycles. The van der Waals surface area contributed by atoms with Crippen molar-refractivity contribution in [2.24, 2.45) is 5.92 Å². The summed E-state index contributed by atoms with van der Waals surface area (Å²) in [6, 6.07) is 8.72. The van der Waals surface area contributed by atoms with Crippen LogP contribution in [0.2, 0.25) is 0 Å². The molecule has 0 bridgehead atoms. The number of amides is 1.